The molecule has 5 heteroatoms. The van der Waals surface area contributed by atoms with Crippen molar-refractivity contribution in [1.29, 1.82) is 0 Å². The molecule has 5 nitrogen and oxygen atoms in total. The van der Waals surface area contributed by atoms with E-state index in [1.165, 1.54) is 0 Å². The number of nitrogens with zero attached hydrogens (tertiary/aromatic N) is 1. The summed E-state index contributed by atoms with van der Waals surface area (Å²) in [5.74, 6) is 2.30. The lowest BCUT2D eigenvalue weighted by molar-refractivity contribution is 0.172. The Hall–Kier alpha value is -1.91. The Morgan fingerprint density at radius 3 is 2.48 bits per heavy atom. The number of likely N-dealkylation sites (tertiary alicyclic amines) is 1. The number of methoxy groups -OCH3 is 1. The Bertz CT molecular complexity index is 439. The van der Waals surface area contributed by atoms with Gasteiger partial charge in [-0.2, -0.15) is 0 Å². The average Bonchev–Trinajstić information content (AvgIpc) is 2.52. The molecular weight excluding hydrogens is 268 g/mol. The molecule has 0 spiro atoms. The van der Waals surface area contributed by atoms with E-state index in [0.717, 1.165) is 43.3 Å². The van der Waals surface area contributed by atoms with Gasteiger partial charge in [-0.1, -0.05) is 6.92 Å². The number of hydrogen-bond donors (Lipinski definition) is 1. The average molecular weight is 292 g/mol. The van der Waals surface area contributed by atoms with E-state index in [9.17, 15) is 4.79 Å². The molecule has 0 saturated carbocycles. The number of piperidine rings is 1. The van der Waals surface area contributed by atoms with Crippen LogP contribution in [-0.2, 0) is 0 Å². The van der Waals surface area contributed by atoms with Crippen LogP contribution in [0.25, 0.3) is 0 Å². The van der Waals surface area contributed by atoms with Crippen molar-refractivity contribution in [3.8, 4) is 11.5 Å². The highest BCUT2D eigenvalue weighted by Crippen LogP contribution is 2.17. The maximum atomic E-state index is 11.9. The zero-order valence-electron chi connectivity index (χ0n) is 12.8. The first-order chi connectivity index (χ1) is 10.2. The van der Waals surface area contributed by atoms with Crippen molar-refractivity contribution in [3.63, 3.8) is 0 Å². The van der Waals surface area contributed by atoms with E-state index in [-0.39, 0.29) is 6.03 Å². The summed E-state index contributed by atoms with van der Waals surface area (Å²) < 4.78 is 10.7. The van der Waals surface area contributed by atoms with E-state index in [1.54, 1.807) is 7.11 Å². The first-order valence-electron chi connectivity index (χ1n) is 7.48. The highest BCUT2D eigenvalue weighted by atomic mass is 16.5. The Balaban J connectivity index is 1.63. The first kappa shape index (κ1) is 15.5. The SMILES string of the molecule is COc1ccc(OCCNC(=O)N2CCC(C)CC2)cc1. The van der Waals surface area contributed by atoms with Gasteiger partial charge in [0.15, 0.2) is 0 Å². The van der Waals surface area contributed by atoms with Crippen molar-refractivity contribution >= 4 is 6.03 Å². The van der Waals surface area contributed by atoms with E-state index < -0.39 is 0 Å². The number of benzene rings is 1. The van der Waals surface area contributed by atoms with Crippen LogP contribution in [-0.4, -0.2) is 44.3 Å². The molecule has 2 amide bonds. The Morgan fingerprint density at radius 1 is 1.24 bits per heavy atom. The molecular formula is C16H24N2O3. The van der Waals surface area contributed by atoms with E-state index in [0.29, 0.717) is 13.2 Å². The normalized spacial score (nSPS) is 15.6. The van der Waals surface area contributed by atoms with Gasteiger partial charge in [-0.3, -0.25) is 0 Å². The molecule has 21 heavy (non-hydrogen) atoms. The second kappa shape index (κ2) is 7.76. The summed E-state index contributed by atoms with van der Waals surface area (Å²) in [5.41, 5.74) is 0. The molecule has 0 radical (unpaired) electrons. The van der Waals surface area contributed by atoms with Crippen LogP contribution in [0.2, 0.25) is 0 Å². The third-order valence-electron chi connectivity index (χ3n) is 3.78. The maximum absolute atomic E-state index is 11.9. The summed E-state index contributed by atoms with van der Waals surface area (Å²) in [4.78, 5) is 13.8. The third kappa shape index (κ3) is 4.85. The van der Waals surface area contributed by atoms with E-state index in [2.05, 4.69) is 12.2 Å². The Labute approximate surface area is 126 Å². The van der Waals surface area contributed by atoms with Gasteiger partial charge in [-0.15, -0.1) is 0 Å². The standard InChI is InChI=1S/C16H24N2O3/c1-13-7-10-18(11-8-13)16(19)17-9-12-21-15-5-3-14(20-2)4-6-15/h3-6,13H,7-12H2,1-2H3,(H,17,19). The van der Waals surface area contributed by atoms with E-state index in [1.807, 2.05) is 29.2 Å². The second-order valence-electron chi connectivity index (χ2n) is 5.43. The number of amides is 2. The van der Waals surface area contributed by atoms with Crippen molar-refractivity contribution in [2.45, 2.75) is 19.8 Å². The monoisotopic (exact) mass is 292 g/mol. The fraction of sp³-hybridized carbons (Fsp3) is 0.562. The van der Waals surface area contributed by atoms with Crippen molar-refractivity contribution in [2.75, 3.05) is 33.4 Å². The van der Waals surface area contributed by atoms with Crippen molar-refractivity contribution in [1.82, 2.24) is 10.2 Å². The molecule has 0 aliphatic carbocycles. The van der Waals surface area contributed by atoms with Gasteiger partial charge in [0.1, 0.15) is 18.1 Å². The number of nitrogens with one attached hydrogen (secondary N) is 1. The van der Waals surface area contributed by atoms with Crippen LogP contribution in [0.1, 0.15) is 19.8 Å². The highest BCUT2D eigenvalue weighted by Gasteiger charge is 2.19. The van der Waals surface area contributed by atoms with Crippen molar-refractivity contribution < 1.29 is 14.3 Å². The van der Waals surface area contributed by atoms with Crippen LogP contribution in [0.3, 0.4) is 0 Å². The van der Waals surface area contributed by atoms with Gasteiger partial charge in [-0.25, -0.2) is 4.79 Å². The number of carbonyl (C=O) groups is 1. The summed E-state index contributed by atoms with van der Waals surface area (Å²) in [7, 11) is 1.63. The number of rotatable bonds is 5. The molecule has 116 valence electrons. The van der Waals surface area contributed by atoms with Crippen molar-refractivity contribution in [3.05, 3.63) is 24.3 Å². The molecule has 1 fully saturated rings. The van der Waals surface area contributed by atoms with Crippen LogP contribution in [0, 0.1) is 5.92 Å². The van der Waals surface area contributed by atoms with Gasteiger partial charge in [0.05, 0.1) is 13.7 Å². The highest BCUT2D eigenvalue weighted by molar-refractivity contribution is 5.74. The molecule has 1 saturated heterocycles. The topological polar surface area (TPSA) is 50.8 Å². The van der Waals surface area contributed by atoms with Gasteiger partial charge in [0.25, 0.3) is 0 Å². The fourth-order valence-electron chi connectivity index (χ4n) is 2.32. The van der Waals surface area contributed by atoms with Crippen molar-refractivity contribution in [2.24, 2.45) is 5.92 Å². The van der Waals surface area contributed by atoms with Crippen LogP contribution in [0.15, 0.2) is 24.3 Å². The number of ether oxygens (including phenoxy) is 2. The Morgan fingerprint density at radius 2 is 1.86 bits per heavy atom. The van der Waals surface area contributed by atoms with Gasteiger partial charge in [-0.05, 0) is 43.0 Å². The Kier molecular flexibility index (Phi) is 5.72. The minimum absolute atomic E-state index is 0.0141. The number of urea groups is 1. The van der Waals surface area contributed by atoms with Gasteiger partial charge < -0.3 is 19.7 Å². The third-order valence-corrected chi connectivity index (χ3v) is 3.78. The molecule has 1 aromatic rings. The zero-order chi connectivity index (χ0) is 15.1. The molecule has 1 heterocycles. The lowest BCUT2D eigenvalue weighted by Crippen LogP contribution is -2.45. The minimum Gasteiger partial charge on any atom is -0.497 e. The summed E-state index contributed by atoms with van der Waals surface area (Å²) >= 11 is 0. The van der Waals surface area contributed by atoms with Gasteiger partial charge in [0.2, 0.25) is 0 Å². The summed E-state index contributed by atoms with van der Waals surface area (Å²) in [6, 6.07) is 7.42. The zero-order valence-corrected chi connectivity index (χ0v) is 12.8. The van der Waals surface area contributed by atoms with Crippen LogP contribution >= 0.6 is 0 Å². The molecule has 0 unspecified atom stereocenters. The summed E-state index contributed by atoms with van der Waals surface area (Å²) in [5, 5.41) is 2.90. The predicted octanol–water partition coefficient (Wildman–Crippen LogP) is 2.52. The largest absolute Gasteiger partial charge is 0.497 e. The van der Waals surface area contributed by atoms with Crippen LogP contribution < -0.4 is 14.8 Å². The number of carbonyl (C=O) groups excluding carboxylic acids is 1. The summed E-state index contributed by atoms with van der Waals surface area (Å²) in [6.45, 7) is 4.91. The lowest BCUT2D eigenvalue weighted by Gasteiger charge is -2.30. The lowest BCUT2D eigenvalue weighted by atomic mass is 10.00. The fourth-order valence-corrected chi connectivity index (χ4v) is 2.32. The molecule has 2 rings (SSSR count). The predicted molar refractivity (Wildman–Crippen MR) is 81.9 cm³/mol. The van der Waals surface area contributed by atoms with Crippen LogP contribution in [0.5, 0.6) is 11.5 Å². The smallest absolute Gasteiger partial charge is 0.317 e. The first-order valence-corrected chi connectivity index (χ1v) is 7.48. The molecule has 0 bridgehead atoms. The molecule has 0 atom stereocenters. The summed E-state index contributed by atoms with van der Waals surface area (Å²) in [6.07, 6.45) is 2.19. The second-order valence-corrected chi connectivity index (χ2v) is 5.43. The minimum atomic E-state index is 0.0141. The molecule has 1 N–H and O–H groups in total. The quantitative estimate of drug-likeness (QED) is 0.848. The maximum Gasteiger partial charge on any atom is 0.317 e. The number of hydrogen-bond acceptors (Lipinski definition) is 3. The van der Waals surface area contributed by atoms with Crippen LogP contribution in [0.4, 0.5) is 4.79 Å². The molecule has 1 aliphatic rings. The van der Waals surface area contributed by atoms with Gasteiger partial charge >= 0.3 is 6.03 Å². The molecule has 1 aromatic carbocycles. The molecule has 1 aliphatic heterocycles. The van der Waals surface area contributed by atoms with E-state index in [4.69, 9.17) is 9.47 Å². The van der Waals surface area contributed by atoms with E-state index >= 15 is 0 Å². The van der Waals surface area contributed by atoms with Gasteiger partial charge in [0, 0.05) is 13.1 Å². The molecule has 0 aromatic heterocycles.